The van der Waals surface area contributed by atoms with Gasteiger partial charge in [0.1, 0.15) is 0 Å². The Balaban J connectivity index is 4.44. The van der Waals surface area contributed by atoms with E-state index in [0.717, 1.165) is 0 Å². The van der Waals surface area contributed by atoms with Crippen molar-refractivity contribution in [1.29, 1.82) is 0 Å². The highest BCUT2D eigenvalue weighted by molar-refractivity contribution is 5.82. The van der Waals surface area contributed by atoms with Gasteiger partial charge in [0.15, 0.2) is 0 Å². The minimum Gasteiger partial charge on any atom is -0.327 e. The lowest BCUT2D eigenvalue weighted by atomic mass is 10.4. The lowest BCUT2D eigenvalue weighted by Crippen LogP contribution is -2.41. The number of halogens is 3. The number of carbonyl (C=O) groups is 1. The fraction of sp³-hybridized carbons (Fsp3) is 0.375. The number of rotatable bonds is 4. The van der Waals surface area contributed by atoms with Crippen LogP contribution in [0.5, 0.6) is 0 Å². The molecule has 0 aromatic carbocycles. The SMILES string of the molecule is C=CCN(CC=C)C(=O)C(F)(F)F. The van der Waals surface area contributed by atoms with Crippen molar-refractivity contribution in [3.8, 4) is 0 Å². The summed E-state index contributed by atoms with van der Waals surface area (Å²) in [5, 5.41) is 0. The van der Waals surface area contributed by atoms with E-state index in [1.165, 1.54) is 12.2 Å². The van der Waals surface area contributed by atoms with Crippen molar-refractivity contribution in [3.05, 3.63) is 25.3 Å². The predicted molar refractivity (Wildman–Crippen MR) is 43.0 cm³/mol. The molecule has 0 atom stereocenters. The van der Waals surface area contributed by atoms with Crippen LogP contribution in [0.15, 0.2) is 25.3 Å². The molecule has 74 valence electrons. The molecule has 0 rings (SSSR count). The molecule has 0 heterocycles. The minimum absolute atomic E-state index is 0.135. The molecule has 0 N–H and O–H groups in total. The van der Waals surface area contributed by atoms with Crippen LogP contribution in [0.4, 0.5) is 13.2 Å². The monoisotopic (exact) mass is 193 g/mol. The van der Waals surface area contributed by atoms with E-state index in [9.17, 15) is 18.0 Å². The Morgan fingerprint density at radius 3 is 1.85 bits per heavy atom. The number of hydrogen-bond acceptors (Lipinski definition) is 1. The molecule has 13 heavy (non-hydrogen) atoms. The predicted octanol–water partition coefficient (Wildman–Crippen LogP) is 1.75. The van der Waals surface area contributed by atoms with Crippen molar-refractivity contribution in [3.63, 3.8) is 0 Å². The van der Waals surface area contributed by atoms with Crippen molar-refractivity contribution in [2.24, 2.45) is 0 Å². The largest absolute Gasteiger partial charge is 0.471 e. The first-order chi connectivity index (χ1) is 5.93. The highest BCUT2D eigenvalue weighted by Gasteiger charge is 2.41. The van der Waals surface area contributed by atoms with E-state index in [-0.39, 0.29) is 13.1 Å². The Morgan fingerprint density at radius 1 is 1.23 bits per heavy atom. The summed E-state index contributed by atoms with van der Waals surface area (Å²) < 4.78 is 35.7. The van der Waals surface area contributed by atoms with Gasteiger partial charge in [0, 0.05) is 13.1 Å². The van der Waals surface area contributed by atoms with E-state index >= 15 is 0 Å². The van der Waals surface area contributed by atoms with Crippen LogP contribution in [0.1, 0.15) is 0 Å². The Morgan fingerprint density at radius 2 is 1.62 bits per heavy atom. The van der Waals surface area contributed by atoms with Gasteiger partial charge in [0.2, 0.25) is 0 Å². The summed E-state index contributed by atoms with van der Waals surface area (Å²) in [6.07, 6.45) is -2.37. The molecule has 0 aliphatic heterocycles. The second-order valence-corrected chi connectivity index (χ2v) is 2.29. The first kappa shape index (κ1) is 11.7. The second-order valence-electron chi connectivity index (χ2n) is 2.29. The molecule has 0 saturated heterocycles. The van der Waals surface area contributed by atoms with Gasteiger partial charge >= 0.3 is 12.1 Å². The number of amides is 1. The number of nitrogens with zero attached hydrogens (tertiary/aromatic N) is 1. The topological polar surface area (TPSA) is 20.3 Å². The molecule has 0 saturated carbocycles. The third kappa shape index (κ3) is 3.78. The molecule has 0 aromatic rings. The number of hydrogen-bond donors (Lipinski definition) is 0. The molecule has 0 unspecified atom stereocenters. The van der Waals surface area contributed by atoms with Crippen LogP contribution in [0.25, 0.3) is 0 Å². The normalized spacial score (nSPS) is 10.7. The van der Waals surface area contributed by atoms with Crippen LogP contribution in [0.2, 0.25) is 0 Å². The smallest absolute Gasteiger partial charge is 0.327 e. The molecular formula is C8H10F3NO. The summed E-state index contributed by atoms with van der Waals surface area (Å²) >= 11 is 0. The van der Waals surface area contributed by atoms with Crippen LogP contribution >= 0.6 is 0 Å². The maximum absolute atomic E-state index is 11.9. The van der Waals surface area contributed by atoms with Crippen molar-refractivity contribution < 1.29 is 18.0 Å². The summed E-state index contributed by atoms with van der Waals surface area (Å²) in [6.45, 7) is 6.23. The molecule has 1 amide bonds. The van der Waals surface area contributed by atoms with Gasteiger partial charge in [-0.05, 0) is 0 Å². The number of carbonyl (C=O) groups excluding carboxylic acids is 1. The summed E-state index contributed by atoms with van der Waals surface area (Å²) in [5.74, 6) is -1.87. The molecular weight excluding hydrogens is 183 g/mol. The van der Waals surface area contributed by atoms with Gasteiger partial charge in [0.05, 0.1) is 0 Å². The van der Waals surface area contributed by atoms with Gasteiger partial charge in [-0.25, -0.2) is 0 Å². The van der Waals surface area contributed by atoms with E-state index in [1.807, 2.05) is 0 Å². The van der Waals surface area contributed by atoms with E-state index in [2.05, 4.69) is 13.2 Å². The van der Waals surface area contributed by atoms with Gasteiger partial charge < -0.3 is 4.90 Å². The van der Waals surface area contributed by atoms with Crippen molar-refractivity contribution in [1.82, 2.24) is 4.90 Å². The van der Waals surface area contributed by atoms with Crippen molar-refractivity contribution in [2.75, 3.05) is 13.1 Å². The zero-order chi connectivity index (χ0) is 10.5. The van der Waals surface area contributed by atoms with Crippen LogP contribution in [0.3, 0.4) is 0 Å². The third-order valence-corrected chi connectivity index (χ3v) is 1.23. The lowest BCUT2D eigenvalue weighted by Gasteiger charge is -2.20. The Bertz CT molecular complexity index is 200. The third-order valence-electron chi connectivity index (χ3n) is 1.23. The van der Waals surface area contributed by atoms with Gasteiger partial charge in [-0.15, -0.1) is 13.2 Å². The van der Waals surface area contributed by atoms with Crippen molar-refractivity contribution >= 4 is 5.91 Å². The minimum atomic E-state index is -4.83. The van der Waals surface area contributed by atoms with Gasteiger partial charge in [-0.1, -0.05) is 12.2 Å². The average Bonchev–Trinajstić information content (AvgIpc) is 2.01. The molecule has 0 radical (unpaired) electrons. The van der Waals surface area contributed by atoms with Crippen molar-refractivity contribution in [2.45, 2.75) is 6.18 Å². The molecule has 0 aliphatic rings. The first-order valence-electron chi connectivity index (χ1n) is 3.51. The Hall–Kier alpha value is -1.26. The van der Waals surface area contributed by atoms with E-state index in [4.69, 9.17) is 0 Å². The summed E-state index contributed by atoms with van der Waals surface area (Å²) in [6, 6.07) is 0. The van der Waals surface area contributed by atoms with Crippen LogP contribution in [-0.2, 0) is 4.79 Å². The first-order valence-corrected chi connectivity index (χ1v) is 3.51. The summed E-state index contributed by atoms with van der Waals surface area (Å²) in [4.78, 5) is 11.3. The van der Waals surface area contributed by atoms with Crippen LogP contribution < -0.4 is 0 Å². The lowest BCUT2D eigenvalue weighted by molar-refractivity contribution is -0.184. The van der Waals surface area contributed by atoms with E-state index < -0.39 is 12.1 Å². The zero-order valence-electron chi connectivity index (χ0n) is 6.97. The van der Waals surface area contributed by atoms with Gasteiger partial charge in [-0.2, -0.15) is 13.2 Å². The summed E-state index contributed by atoms with van der Waals surface area (Å²) in [7, 11) is 0. The molecule has 0 bridgehead atoms. The number of alkyl halides is 3. The van der Waals surface area contributed by atoms with Gasteiger partial charge in [0.25, 0.3) is 0 Å². The molecule has 5 heteroatoms. The quantitative estimate of drug-likeness (QED) is 0.623. The molecule has 0 spiro atoms. The fourth-order valence-corrected chi connectivity index (χ4v) is 0.731. The second kappa shape index (κ2) is 4.69. The molecule has 2 nitrogen and oxygen atoms in total. The van der Waals surface area contributed by atoms with E-state index in [0.29, 0.717) is 4.90 Å². The highest BCUT2D eigenvalue weighted by atomic mass is 19.4. The Kier molecular flexibility index (Phi) is 4.23. The maximum Gasteiger partial charge on any atom is 0.471 e. The van der Waals surface area contributed by atoms with Crippen LogP contribution in [0, 0.1) is 0 Å². The average molecular weight is 193 g/mol. The van der Waals surface area contributed by atoms with E-state index in [1.54, 1.807) is 0 Å². The molecule has 0 aliphatic carbocycles. The summed E-state index contributed by atoms with van der Waals surface area (Å²) in [5.41, 5.74) is 0. The standard InChI is InChI=1S/C8H10F3NO/c1-3-5-12(6-4-2)7(13)8(9,10)11/h3-4H,1-2,5-6H2. The molecule has 0 fully saturated rings. The highest BCUT2D eigenvalue weighted by Crippen LogP contribution is 2.18. The van der Waals surface area contributed by atoms with Crippen LogP contribution in [-0.4, -0.2) is 30.1 Å². The maximum atomic E-state index is 11.9. The van der Waals surface area contributed by atoms with Gasteiger partial charge in [-0.3, -0.25) is 4.79 Å². The zero-order valence-corrected chi connectivity index (χ0v) is 6.97. The molecule has 0 aromatic heterocycles. The fourth-order valence-electron chi connectivity index (χ4n) is 0.731. The Labute approximate surface area is 74.3 Å².